The Labute approximate surface area is 88.1 Å². The summed E-state index contributed by atoms with van der Waals surface area (Å²) in [7, 11) is 0. The zero-order chi connectivity index (χ0) is 10.4. The average molecular weight is 199 g/mol. The molecule has 2 N–H and O–H groups in total. The van der Waals surface area contributed by atoms with E-state index in [9.17, 15) is 5.11 Å². The molecule has 1 aliphatic rings. The Hall–Kier alpha value is -0.0800. The molecule has 0 aliphatic heterocycles. The lowest BCUT2D eigenvalue weighted by Crippen LogP contribution is -2.49. The van der Waals surface area contributed by atoms with Crippen LogP contribution in [0.25, 0.3) is 0 Å². The van der Waals surface area contributed by atoms with Crippen LogP contribution in [0.2, 0.25) is 0 Å². The van der Waals surface area contributed by atoms with Crippen LogP contribution in [-0.4, -0.2) is 23.8 Å². The molecule has 0 radical (unpaired) electrons. The fraction of sp³-hybridized carbons (Fsp3) is 1.00. The van der Waals surface area contributed by atoms with Crippen molar-refractivity contribution in [2.75, 3.05) is 13.2 Å². The van der Waals surface area contributed by atoms with Gasteiger partial charge < -0.3 is 10.4 Å². The summed E-state index contributed by atoms with van der Waals surface area (Å²) in [6, 6.07) is 0. The summed E-state index contributed by atoms with van der Waals surface area (Å²) >= 11 is 0. The van der Waals surface area contributed by atoms with Crippen LogP contribution in [0.1, 0.15) is 52.4 Å². The number of nitrogens with one attached hydrogen (secondary N) is 1. The largest absolute Gasteiger partial charge is 0.394 e. The molecular formula is C12H25NO. The molecule has 1 aliphatic carbocycles. The van der Waals surface area contributed by atoms with Gasteiger partial charge in [-0.1, -0.05) is 26.7 Å². The van der Waals surface area contributed by atoms with Crippen molar-refractivity contribution in [3.63, 3.8) is 0 Å². The normalized spacial score (nSPS) is 19.1. The number of hydrogen-bond acceptors (Lipinski definition) is 2. The highest BCUT2D eigenvalue weighted by molar-refractivity contribution is 4.86. The first-order chi connectivity index (χ1) is 6.76. The summed E-state index contributed by atoms with van der Waals surface area (Å²) in [6.07, 6.45) is 7.59. The summed E-state index contributed by atoms with van der Waals surface area (Å²) in [4.78, 5) is 0. The Balaban J connectivity index is 2.31. The van der Waals surface area contributed by atoms with Gasteiger partial charge in [0.15, 0.2) is 0 Å². The summed E-state index contributed by atoms with van der Waals surface area (Å²) in [5.74, 6) is 0.860. The van der Waals surface area contributed by atoms with E-state index >= 15 is 0 Å². The van der Waals surface area contributed by atoms with Gasteiger partial charge in [0, 0.05) is 5.54 Å². The smallest absolute Gasteiger partial charge is 0.0613 e. The van der Waals surface area contributed by atoms with Crippen molar-refractivity contribution >= 4 is 0 Å². The van der Waals surface area contributed by atoms with Gasteiger partial charge in [-0.2, -0.15) is 0 Å². The Morgan fingerprint density at radius 3 is 2.21 bits per heavy atom. The summed E-state index contributed by atoms with van der Waals surface area (Å²) in [6.45, 7) is 5.68. The Bertz CT molecular complexity index is 140. The van der Waals surface area contributed by atoms with E-state index in [0.717, 1.165) is 25.3 Å². The van der Waals surface area contributed by atoms with Crippen molar-refractivity contribution in [1.82, 2.24) is 5.32 Å². The van der Waals surface area contributed by atoms with Gasteiger partial charge in [0.1, 0.15) is 0 Å². The molecule has 0 bridgehead atoms. The molecule has 14 heavy (non-hydrogen) atoms. The molecule has 2 nitrogen and oxygen atoms in total. The van der Waals surface area contributed by atoms with Crippen LogP contribution in [0.15, 0.2) is 0 Å². The number of rotatable bonds is 6. The van der Waals surface area contributed by atoms with Crippen LogP contribution in [0.5, 0.6) is 0 Å². The van der Waals surface area contributed by atoms with Crippen LogP contribution in [0.3, 0.4) is 0 Å². The lowest BCUT2D eigenvalue weighted by Gasteiger charge is -2.32. The molecule has 0 aromatic rings. The fourth-order valence-electron chi connectivity index (χ4n) is 2.35. The van der Waals surface area contributed by atoms with E-state index < -0.39 is 0 Å². The number of aliphatic hydroxyl groups excluding tert-OH is 1. The second-order valence-corrected chi connectivity index (χ2v) is 4.68. The van der Waals surface area contributed by atoms with Crippen molar-refractivity contribution in [2.24, 2.45) is 5.92 Å². The number of aliphatic hydroxyl groups is 1. The van der Waals surface area contributed by atoms with Crippen LogP contribution in [-0.2, 0) is 0 Å². The van der Waals surface area contributed by atoms with E-state index in [1.165, 1.54) is 25.7 Å². The molecule has 0 heterocycles. The summed E-state index contributed by atoms with van der Waals surface area (Å²) < 4.78 is 0. The van der Waals surface area contributed by atoms with Gasteiger partial charge >= 0.3 is 0 Å². The maximum Gasteiger partial charge on any atom is 0.0613 e. The van der Waals surface area contributed by atoms with E-state index in [-0.39, 0.29) is 12.1 Å². The molecule has 2 heteroatoms. The van der Waals surface area contributed by atoms with E-state index in [4.69, 9.17) is 0 Å². The highest BCUT2D eigenvalue weighted by Crippen LogP contribution is 2.25. The van der Waals surface area contributed by atoms with Gasteiger partial charge in [-0.3, -0.25) is 0 Å². The lowest BCUT2D eigenvalue weighted by molar-refractivity contribution is 0.145. The molecule has 0 aromatic carbocycles. The van der Waals surface area contributed by atoms with Crippen LogP contribution >= 0.6 is 0 Å². The molecule has 0 unspecified atom stereocenters. The van der Waals surface area contributed by atoms with Gasteiger partial charge in [0.2, 0.25) is 0 Å². The predicted molar refractivity (Wildman–Crippen MR) is 60.4 cm³/mol. The molecule has 0 spiro atoms. The van der Waals surface area contributed by atoms with E-state index in [1.807, 2.05) is 0 Å². The van der Waals surface area contributed by atoms with Crippen molar-refractivity contribution in [3.8, 4) is 0 Å². The molecular weight excluding hydrogens is 174 g/mol. The van der Waals surface area contributed by atoms with E-state index in [0.29, 0.717) is 0 Å². The van der Waals surface area contributed by atoms with Gasteiger partial charge in [-0.05, 0) is 38.1 Å². The van der Waals surface area contributed by atoms with Gasteiger partial charge in [0.25, 0.3) is 0 Å². The van der Waals surface area contributed by atoms with Crippen LogP contribution in [0, 0.1) is 5.92 Å². The van der Waals surface area contributed by atoms with Crippen LogP contribution < -0.4 is 5.32 Å². The first-order valence-corrected chi connectivity index (χ1v) is 6.12. The number of hydrogen-bond donors (Lipinski definition) is 2. The second kappa shape index (κ2) is 5.72. The monoisotopic (exact) mass is 199 g/mol. The highest BCUT2D eigenvalue weighted by Gasteiger charge is 2.26. The first kappa shape index (κ1) is 12.0. The van der Waals surface area contributed by atoms with Crippen molar-refractivity contribution in [3.05, 3.63) is 0 Å². The molecule has 1 fully saturated rings. The highest BCUT2D eigenvalue weighted by atomic mass is 16.3. The minimum absolute atomic E-state index is 0.0113. The third-order valence-corrected chi connectivity index (χ3v) is 3.90. The topological polar surface area (TPSA) is 32.3 Å². The molecule has 0 saturated heterocycles. The first-order valence-electron chi connectivity index (χ1n) is 6.12. The third kappa shape index (κ3) is 2.96. The van der Waals surface area contributed by atoms with Gasteiger partial charge in [-0.25, -0.2) is 0 Å². The Morgan fingerprint density at radius 1 is 1.21 bits per heavy atom. The molecule has 1 saturated carbocycles. The van der Waals surface area contributed by atoms with Crippen molar-refractivity contribution in [1.29, 1.82) is 0 Å². The minimum Gasteiger partial charge on any atom is -0.394 e. The SMILES string of the molecule is CCC(CC)(CO)NCC1CCCC1. The maximum absolute atomic E-state index is 9.39. The Morgan fingerprint density at radius 2 is 1.79 bits per heavy atom. The zero-order valence-corrected chi connectivity index (χ0v) is 9.68. The average Bonchev–Trinajstić information content (AvgIpc) is 2.74. The quantitative estimate of drug-likeness (QED) is 0.688. The molecule has 0 amide bonds. The third-order valence-electron chi connectivity index (χ3n) is 3.90. The molecule has 1 rings (SSSR count). The maximum atomic E-state index is 9.39. The van der Waals surface area contributed by atoms with Crippen molar-refractivity contribution < 1.29 is 5.11 Å². The fourth-order valence-corrected chi connectivity index (χ4v) is 2.35. The zero-order valence-electron chi connectivity index (χ0n) is 9.68. The Kier molecular flexibility index (Phi) is 4.90. The minimum atomic E-state index is -0.0113. The molecule has 84 valence electrons. The van der Waals surface area contributed by atoms with Gasteiger partial charge in [0.05, 0.1) is 6.61 Å². The van der Waals surface area contributed by atoms with Gasteiger partial charge in [-0.15, -0.1) is 0 Å². The predicted octanol–water partition coefficient (Wildman–Crippen LogP) is 2.32. The molecule has 0 atom stereocenters. The lowest BCUT2D eigenvalue weighted by atomic mass is 9.93. The van der Waals surface area contributed by atoms with E-state index in [1.54, 1.807) is 0 Å². The summed E-state index contributed by atoms with van der Waals surface area (Å²) in [5.41, 5.74) is -0.0113. The van der Waals surface area contributed by atoms with Crippen molar-refractivity contribution in [2.45, 2.75) is 57.9 Å². The van der Waals surface area contributed by atoms with Crippen LogP contribution in [0.4, 0.5) is 0 Å². The second-order valence-electron chi connectivity index (χ2n) is 4.68. The molecule has 0 aromatic heterocycles. The standard InChI is InChI=1S/C12H25NO/c1-3-12(4-2,10-14)13-9-11-7-5-6-8-11/h11,13-14H,3-10H2,1-2H3. The summed E-state index contributed by atoms with van der Waals surface area (Å²) in [5, 5.41) is 13.0. The van der Waals surface area contributed by atoms with E-state index in [2.05, 4.69) is 19.2 Å².